The predicted molar refractivity (Wildman–Crippen MR) is 128 cm³/mol. The molecule has 0 aliphatic heterocycles. The number of nitrogens with zero attached hydrogens (tertiary/aromatic N) is 2. The van der Waals surface area contributed by atoms with Gasteiger partial charge < -0.3 is 14.6 Å². The quantitative estimate of drug-likeness (QED) is 0.346. The molecule has 1 heterocycles. The number of hydrogen-bond donors (Lipinski definition) is 1. The summed E-state index contributed by atoms with van der Waals surface area (Å²) in [5.41, 5.74) is 2.90. The van der Waals surface area contributed by atoms with E-state index in [2.05, 4.69) is 16.0 Å². The molecule has 1 aromatic heterocycles. The van der Waals surface area contributed by atoms with Gasteiger partial charge in [-0.2, -0.15) is 0 Å². The van der Waals surface area contributed by atoms with E-state index in [1.54, 1.807) is 6.07 Å². The average molecular weight is 448 g/mol. The fraction of sp³-hybridized carbons (Fsp3) is 0.231. The van der Waals surface area contributed by atoms with Crippen LogP contribution in [-0.4, -0.2) is 28.6 Å². The molecule has 0 spiro atoms. The number of halogens is 1. The van der Waals surface area contributed by atoms with E-state index in [-0.39, 0.29) is 12.3 Å². The maximum atomic E-state index is 12.3. The van der Waals surface area contributed by atoms with Crippen LogP contribution in [0.3, 0.4) is 0 Å². The van der Waals surface area contributed by atoms with Crippen LogP contribution >= 0.6 is 11.6 Å². The van der Waals surface area contributed by atoms with E-state index in [1.807, 2.05) is 66.7 Å². The summed E-state index contributed by atoms with van der Waals surface area (Å²) in [6.45, 7) is 1.95. The number of nitrogens with one attached hydrogen (secondary N) is 1. The van der Waals surface area contributed by atoms with Crippen molar-refractivity contribution < 1.29 is 9.53 Å². The van der Waals surface area contributed by atoms with E-state index >= 15 is 0 Å². The normalized spacial score (nSPS) is 10.9. The first-order valence-electron chi connectivity index (χ1n) is 10.8. The summed E-state index contributed by atoms with van der Waals surface area (Å²) >= 11 is 6.16. The Kier molecular flexibility index (Phi) is 7.41. The molecule has 0 unspecified atom stereocenters. The van der Waals surface area contributed by atoms with E-state index in [4.69, 9.17) is 21.3 Å². The predicted octanol–water partition coefficient (Wildman–Crippen LogP) is 5.06. The molecule has 0 radical (unpaired) electrons. The Labute approximate surface area is 193 Å². The zero-order valence-electron chi connectivity index (χ0n) is 17.8. The molecule has 0 atom stereocenters. The van der Waals surface area contributed by atoms with Crippen LogP contribution in [0, 0.1) is 0 Å². The van der Waals surface area contributed by atoms with Gasteiger partial charge in [0.25, 0.3) is 0 Å². The fourth-order valence-corrected chi connectivity index (χ4v) is 3.89. The van der Waals surface area contributed by atoms with Gasteiger partial charge in [0.1, 0.15) is 11.6 Å². The number of fused-ring (bicyclic) bond motifs is 1. The van der Waals surface area contributed by atoms with Crippen LogP contribution in [0.1, 0.15) is 17.8 Å². The van der Waals surface area contributed by atoms with Crippen molar-refractivity contribution in [1.29, 1.82) is 0 Å². The van der Waals surface area contributed by atoms with Crippen LogP contribution in [0.25, 0.3) is 11.0 Å². The summed E-state index contributed by atoms with van der Waals surface area (Å²) in [5.74, 6) is 1.80. The highest BCUT2D eigenvalue weighted by atomic mass is 35.5. The van der Waals surface area contributed by atoms with Crippen LogP contribution in [-0.2, 0) is 24.2 Å². The van der Waals surface area contributed by atoms with Crippen molar-refractivity contribution in [1.82, 2.24) is 14.9 Å². The van der Waals surface area contributed by atoms with Crippen LogP contribution < -0.4 is 10.1 Å². The highest BCUT2D eigenvalue weighted by molar-refractivity contribution is 6.31. The number of rotatable bonds is 10. The zero-order valence-corrected chi connectivity index (χ0v) is 18.6. The van der Waals surface area contributed by atoms with Crippen molar-refractivity contribution in [3.05, 3.63) is 95.3 Å². The number of carbonyl (C=O) groups excluding carboxylic acids is 1. The van der Waals surface area contributed by atoms with E-state index in [0.29, 0.717) is 24.6 Å². The van der Waals surface area contributed by atoms with Gasteiger partial charge in [0.05, 0.1) is 24.1 Å². The summed E-state index contributed by atoms with van der Waals surface area (Å²) in [5, 5.41) is 3.60. The summed E-state index contributed by atoms with van der Waals surface area (Å²) in [6, 6.07) is 25.4. The molecule has 0 bridgehead atoms. The molecule has 0 aliphatic carbocycles. The second-order valence-corrected chi connectivity index (χ2v) is 7.96. The molecule has 1 amide bonds. The molecule has 0 saturated heterocycles. The molecule has 6 heteroatoms. The van der Waals surface area contributed by atoms with Gasteiger partial charge in [-0.3, -0.25) is 4.79 Å². The zero-order chi connectivity index (χ0) is 22.2. The molecule has 0 fully saturated rings. The number of para-hydroxylation sites is 3. The minimum atomic E-state index is -0.0444. The Morgan fingerprint density at radius 2 is 1.72 bits per heavy atom. The number of aromatic nitrogens is 2. The van der Waals surface area contributed by atoms with Crippen molar-refractivity contribution in [3.63, 3.8) is 0 Å². The first-order valence-corrected chi connectivity index (χ1v) is 11.2. The maximum Gasteiger partial charge on any atom is 0.224 e. The standard InChI is InChI=1S/C26H26ClN3O2/c27-22-12-5-4-9-20(22)19-26(31)28-16-15-25-29-23-13-6-7-14-24(23)30(25)17-8-18-32-21-10-2-1-3-11-21/h1-7,9-14H,8,15-19H2,(H,28,31). The minimum Gasteiger partial charge on any atom is -0.494 e. The summed E-state index contributed by atoms with van der Waals surface area (Å²) in [4.78, 5) is 17.1. The smallest absolute Gasteiger partial charge is 0.224 e. The van der Waals surface area contributed by atoms with Gasteiger partial charge in [0, 0.05) is 24.5 Å². The van der Waals surface area contributed by atoms with Gasteiger partial charge >= 0.3 is 0 Å². The summed E-state index contributed by atoms with van der Waals surface area (Å²) in [6.07, 6.45) is 1.79. The van der Waals surface area contributed by atoms with Crippen LogP contribution in [0.5, 0.6) is 5.75 Å². The number of imidazole rings is 1. The lowest BCUT2D eigenvalue weighted by Gasteiger charge is -2.11. The molecule has 0 aliphatic rings. The Bertz CT molecular complexity index is 1170. The van der Waals surface area contributed by atoms with Gasteiger partial charge in [-0.15, -0.1) is 0 Å². The molecule has 164 valence electrons. The van der Waals surface area contributed by atoms with Gasteiger partial charge in [-0.1, -0.05) is 60.1 Å². The number of carbonyl (C=O) groups is 1. The molecule has 3 aromatic carbocycles. The van der Waals surface area contributed by atoms with Crippen molar-refractivity contribution in [2.24, 2.45) is 0 Å². The van der Waals surface area contributed by atoms with Gasteiger partial charge in [0.2, 0.25) is 5.91 Å². The first-order chi connectivity index (χ1) is 15.7. The van der Waals surface area contributed by atoms with Crippen molar-refractivity contribution >= 4 is 28.5 Å². The third-order valence-electron chi connectivity index (χ3n) is 5.25. The average Bonchev–Trinajstić information content (AvgIpc) is 3.16. The second-order valence-electron chi connectivity index (χ2n) is 7.55. The van der Waals surface area contributed by atoms with E-state index in [9.17, 15) is 4.79 Å². The molecule has 4 aromatic rings. The largest absolute Gasteiger partial charge is 0.494 e. The minimum absolute atomic E-state index is 0.0444. The molecule has 1 N–H and O–H groups in total. The van der Waals surface area contributed by atoms with Crippen LogP contribution in [0.2, 0.25) is 5.02 Å². The summed E-state index contributed by atoms with van der Waals surface area (Å²) in [7, 11) is 0. The maximum absolute atomic E-state index is 12.3. The van der Waals surface area contributed by atoms with Gasteiger partial charge in [-0.05, 0) is 42.3 Å². The Morgan fingerprint density at radius 1 is 0.969 bits per heavy atom. The molecule has 5 nitrogen and oxygen atoms in total. The Morgan fingerprint density at radius 3 is 2.56 bits per heavy atom. The van der Waals surface area contributed by atoms with Gasteiger partial charge in [0.15, 0.2) is 0 Å². The van der Waals surface area contributed by atoms with Crippen molar-refractivity contribution in [3.8, 4) is 5.75 Å². The van der Waals surface area contributed by atoms with E-state index in [1.165, 1.54) is 0 Å². The molecule has 0 saturated carbocycles. The lowest BCUT2D eigenvalue weighted by molar-refractivity contribution is -0.120. The highest BCUT2D eigenvalue weighted by Crippen LogP contribution is 2.18. The number of benzene rings is 3. The fourth-order valence-electron chi connectivity index (χ4n) is 3.69. The van der Waals surface area contributed by atoms with E-state index < -0.39 is 0 Å². The summed E-state index contributed by atoms with van der Waals surface area (Å²) < 4.78 is 8.06. The van der Waals surface area contributed by atoms with Crippen LogP contribution in [0.4, 0.5) is 0 Å². The monoisotopic (exact) mass is 447 g/mol. The third kappa shape index (κ3) is 5.68. The van der Waals surface area contributed by atoms with Crippen molar-refractivity contribution in [2.45, 2.75) is 25.8 Å². The molecule has 4 rings (SSSR count). The third-order valence-corrected chi connectivity index (χ3v) is 5.62. The highest BCUT2D eigenvalue weighted by Gasteiger charge is 2.11. The lowest BCUT2D eigenvalue weighted by atomic mass is 10.1. The Balaban J connectivity index is 1.34. The first kappa shape index (κ1) is 21.9. The SMILES string of the molecule is O=C(Cc1ccccc1Cl)NCCc1nc2ccccc2n1CCCOc1ccccc1. The van der Waals surface area contributed by atoms with Gasteiger partial charge in [-0.25, -0.2) is 4.98 Å². The van der Waals surface area contributed by atoms with Crippen molar-refractivity contribution in [2.75, 3.05) is 13.2 Å². The number of aryl methyl sites for hydroxylation is 1. The molecule has 32 heavy (non-hydrogen) atoms. The Hall–Kier alpha value is -3.31. The number of ether oxygens (including phenoxy) is 1. The number of amides is 1. The lowest BCUT2D eigenvalue weighted by Crippen LogP contribution is -2.28. The van der Waals surface area contributed by atoms with E-state index in [0.717, 1.165) is 41.1 Å². The molecular weight excluding hydrogens is 422 g/mol. The number of hydrogen-bond acceptors (Lipinski definition) is 3. The van der Waals surface area contributed by atoms with Crippen LogP contribution in [0.15, 0.2) is 78.9 Å². The molecular formula is C26H26ClN3O2. The topological polar surface area (TPSA) is 56.2 Å². The second kappa shape index (κ2) is 10.8.